The van der Waals surface area contributed by atoms with Gasteiger partial charge in [-0.15, -0.1) is 0 Å². The maximum absolute atomic E-state index is 13.0. The van der Waals surface area contributed by atoms with Gasteiger partial charge in [-0.25, -0.2) is 0 Å². The van der Waals surface area contributed by atoms with Crippen LogP contribution in [-0.4, -0.2) is 17.9 Å². The summed E-state index contributed by atoms with van der Waals surface area (Å²) in [5.74, 6) is 2.16. The molecule has 1 spiro atoms. The SMILES string of the molecule is CCc1ccoc1[C@@H](C)CCC(=O)c1cnc2c(C3=CCC4(CC3)CC4)cc(OC)cc2c1. The van der Waals surface area contributed by atoms with Crippen molar-refractivity contribution in [1.29, 1.82) is 0 Å². The number of methoxy groups -OCH3 is 1. The number of carbonyl (C=O) groups is 1. The van der Waals surface area contributed by atoms with Crippen molar-refractivity contribution in [3.63, 3.8) is 0 Å². The molecule has 3 aromatic rings. The topological polar surface area (TPSA) is 52.3 Å². The van der Waals surface area contributed by atoms with Gasteiger partial charge in [0, 0.05) is 35.0 Å². The predicted octanol–water partition coefficient (Wildman–Crippen LogP) is 7.51. The fourth-order valence-corrected chi connectivity index (χ4v) is 5.25. The first-order chi connectivity index (χ1) is 16.0. The van der Waals surface area contributed by atoms with Gasteiger partial charge in [-0.1, -0.05) is 19.9 Å². The number of pyridine rings is 1. The van der Waals surface area contributed by atoms with Crippen molar-refractivity contribution in [3.8, 4) is 5.75 Å². The van der Waals surface area contributed by atoms with Crippen LogP contribution >= 0.6 is 0 Å². The van der Waals surface area contributed by atoms with E-state index in [1.807, 2.05) is 18.2 Å². The summed E-state index contributed by atoms with van der Waals surface area (Å²) in [6.45, 7) is 4.26. The molecule has 33 heavy (non-hydrogen) atoms. The van der Waals surface area contributed by atoms with Gasteiger partial charge in [0.15, 0.2) is 5.78 Å². The molecule has 4 heteroatoms. The zero-order valence-corrected chi connectivity index (χ0v) is 19.9. The van der Waals surface area contributed by atoms with Crippen LogP contribution in [0.5, 0.6) is 5.75 Å². The lowest BCUT2D eigenvalue weighted by molar-refractivity contribution is 0.0977. The zero-order valence-electron chi connectivity index (χ0n) is 19.9. The number of hydrogen-bond donors (Lipinski definition) is 0. The Hall–Kier alpha value is -2.88. The highest BCUT2D eigenvalue weighted by molar-refractivity contribution is 6.01. The summed E-state index contributed by atoms with van der Waals surface area (Å²) in [6, 6.07) is 8.10. The fraction of sp³-hybridized carbons (Fsp3) is 0.448. The number of Topliss-reactive ketones (excluding diaryl/α,β-unsaturated/α-hetero) is 1. The highest BCUT2D eigenvalue weighted by Crippen LogP contribution is 2.56. The molecule has 2 heterocycles. The third-order valence-electron chi connectivity index (χ3n) is 7.74. The number of ketones is 1. The quantitative estimate of drug-likeness (QED) is 0.338. The first-order valence-corrected chi connectivity index (χ1v) is 12.3. The molecular weight excluding hydrogens is 410 g/mol. The largest absolute Gasteiger partial charge is 0.497 e. The molecule has 5 rings (SSSR count). The predicted molar refractivity (Wildman–Crippen MR) is 132 cm³/mol. The van der Waals surface area contributed by atoms with E-state index < -0.39 is 0 Å². The Balaban J connectivity index is 1.37. The van der Waals surface area contributed by atoms with E-state index in [9.17, 15) is 4.79 Å². The summed E-state index contributed by atoms with van der Waals surface area (Å²) in [5.41, 5.74) is 5.96. The number of benzene rings is 1. The van der Waals surface area contributed by atoms with E-state index in [1.165, 1.54) is 36.8 Å². The van der Waals surface area contributed by atoms with E-state index in [4.69, 9.17) is 14.1 Å². The monoisotopic (exact) mass is 443 g/mol. The Kier molecular flexibility index (Phi) is 5.86. The van der Waals surface area contributed by atoms with Crippen molar-refractivity contribution in [2.24, 2.45) is 5.41 Å². The van der Waals surface area contributed by atoms with E-state index >= 15 is 0 Å². The van der Waals surface area contributed by atoms with E-state index in [0.29, 0.717) is 17.4 Å². The van der Waals surface area contributed by atoms with Gasteiger partial charge in [-0.3, -0.25) is 9.78 Å². The minimum Gasteiger partial charge on any atom is -0.497 e. The number of aryl methyl sites for hydroxylation is 1. The highest BCUT2D eigenvalue weighted by atomic mass is 16.5. The van der Waals surface area contributed by atoms with Crippen molar-refractivity contribution in [1.82, 2.24) is 4.98 Å². The first kappa shape index (κ1) is 21.9. The molecule has 2 aliphatic rings. The number of allylic oxidation sites excluding steroid dienone is 2. The lowest BCUT2D eigenvalue weighted by atomic mass is 9.83. The van der Waals surface area contributed by atoms with E-state index in [2.05, 4.69) is 26.0 Å². The maximum Gasteiger partial charge on any atom is 0.164 e. The second-order valence-corrected chi connectivity index (χ2v) is 9.93. The lowest BCUT2D eigenvalue weighted by Gasteiger charge is -2.22. The molecule has 0 saturated heterocycles. The van der Waals surface area contributed by atoms with E-state index in [1.54, 1.807) is 19.6 Å². The normalized spacial score (nSPS) is 17.7. The van der Waals surface area contributed by atoms with Gasteiger partial charge in [-0.05, 0) is 85.8 Å². The van der Waals surface area contributed by atoms with Crippen LogP contribution in [0.2, 0.25) is 0 Å². The Labute approximate surface area is 196 Å². The lowest BCUT2D eigenvalue weighted by Crippen LogP contribution is -2.07. The second kappa shape index (κ2) is 8.81. The summed E-state index contributed by atoms with van der Waals surface area (Å²) in [6.07, 6.45) is 14.4. The van der Waals surface area contributed by atoms with Crippen LogP contribution in [0.1, 0.15) is 92.0 Å². The number of rotatable bonds is 8. The highest BCUT2D eigenvalue weighted by Gasteiger charge is 2.42. The number of ether oxygens (including phenoxy) is 1. The average Bonchev–Trinajstić information content (AvgIpc) is 3.42. The van der Waals surface area contributed by atoms with Crippen LogP contribution in [0.15, 0.2) is 47.2 Å². The van der Waals surface area contributed by atoms with Gasteiger partial charge >= 0.3 is 0 Å². The Bertz CT molecular complexity index is 1210. The van der Waals surface area contributed by atoms with Gasteiger partial charge in [-0.2, -0.15) is 0 Å². The second-order valence-electron chi connectivity index (χ2n) is 9.93. The maximum atomic E-state index is 13.0. The van der Waals surface area contributed by atoms with Crippen LogP contribution < -0.4 is 4.74 Å². The smallest absolute Gasteiger partial charge is 0.164 e. The molecule has 0 aliphatic heterocycles. The van der Waals surface area contributed by atoms with Crippen molar-refractivity contribution in [3.05, 3.63) is 65.3 Å². The molecule has 1 fully saturated rings. The number of hydrogen-bond acceptors (Lipinski definition) is 4. The van der Waals surface area contributed by atoms with Crippen molar-refractivity contribution >= 4 is 22.3 Å². The molecule has 1 atom stereocenters. The summed E-state index contributed by atoms with van der Waals surface area (Å²) in [5, 5.41) is 0.968. The summed E-state index contributed by atoms with van der Waals surface area (Å²) in [7, 11) is 1.70. The van der Waals surface area contributed by atoms with Crippen molar-refractivity contribution in [2.45, 2.75) is 71.1 Å². The molecular formula is C29H33NO3. The van der Waals surface area contributed by atoms with E-state index in [-0.39, 0.29) is 11.7 Å². The molecule has 4 nitrogen and oxygen atoms in total. The van der Waals surface area contributed by atoms with Crippen LogP contribution in [0.4, 0.5) is 0 Å². The zero-order chi connectivity index (χ0) is 23.0. The van der Waals surface area contributed by atoms with E-state index in [0.717, 1.165) is 47.2 Å². The number of furan rings is 1. The molecule has 0 bridgehead atoms. The van der Waals surface area contributed by atoms with Gasteiger partial charge in [0.25, 0.3) is 0 Å². The summed E-state index contributed by atoms with van der Waals surface area (Å²) in [4.78, 5) is 17.8. The summed E-state index contributed by atoms with van der Waals surface area (Å²) < 4.78 is 11.3. The molecule has 0 unspecified atom stereocenters. The fourth-order valence-electron chi connectivity index (χ4n) is 5.25. The van der Waals surface area contributed by atoms with Gasteiger partial charge in [0.2, 0.25) is 0 Å². The Morgan fingerprint density at radius 1 is 1.24 bits per heavy atom. The molecule has 172 valence electrons. The average molecular weight is 444 g/mol. The summed E-state index contributed by atoms with van der Waals surface area (Å²) >= 11 is 0. The van der Waals surface area contributed by atoms with Crippen molar-refractivity contribution in [2.75, 3.05) is 7.11 Å². The third kappa shape index (κ3) is 4.36. The molecule has 1 aromatic carbocycles. The van der Waals surface area contributed by atoms with Crippen molar-refractivity contribution < 1.29 is 13.9 Å². The Morgan fingerprint density at radius 3 is 2.79 bits per heavy atom. The number of carbonyl (C=O) groups excluding carboxylic acids is 1. The van der Waals surface area contributed by atoms with Gasteiger partial charge in [0.1, 0.15) is 11.5 Å². The number of aromatic nitrogens is 1. The van der Waals surface area contributed by atoms with Crippen LogP contribution in [0, 0.1) is 5.41 Å². The molecule has 0 N–H and O–H groups in total. The van der Waals surface area contributed by atoms with Crippen LogP contribution in [0.25, 0.3) is 16.5 Å². The van der Waals surface area contributed by atoms with Crippen LogP contribution in [-0.2, 0) is 6.42 Å². The first-order valence-electron chi connectivity index (χ1n) is 12.3. The van der Waals surface area contributed by atoms with Gasteiger partial charge in [0.05, 0.1) is 18.9 Å². The molecule has 1 saturated carbocycles. The molecule has 0 amide bonds. The molecule has 2 aliphatic carbocycles. The van der Waals surface area contributed by atoms with Gasteiger partial charge < -0.3 is 9.15 Å². The minimum absolute atomic E-state index is 0.123. The van der Waals surface area contributed by atoms with Crippen LogP contribution in [0.3, 0.4) is 0 Å². The molecule has 0 radical (unpaired) electrons. The standard InChI is InChI=1S/C29H33NO3/c1-4-20-9-14-33-28(20)19(2)5-6-26(31)23-15-22-16-24(32-3)17-25(27(22)30-18-23)21-7-10-29(11-8-21)12-13-29/h7,9,14-19H,4-6,8,10-13H2,1-3H3/t19-/m0/s1. The molecule has 2 aromatic heterocycles. The third-order valence-corrected chi connectivity index (χ3v) is 7.74. The number of nitrogens with zero attached hydrogens (tertiary/aromatic N) is 1. The Morgan fingerprint density at radius 2 is 2.09 bits per heavy atom. The number of fused-ring (bicyclic) bond motifs is 1. The minimum atomic E-state index is 0.123.